The van der Waals surface area contributed by atoms with Crippen molar-refractivity contribution in [3.8, 4) is 0 Å². The predicted molar refractivity (Wildman–Crippen MR) is 124 cm³/mol. The SMILES string of the molecule is CN=C(NCCc1ccccc1Cl)NCc1ccc(CS(C)(=O)=O)cc1.I. The molecule has 2 aromatic carbocycles. The van der Waals surface area contributed by atoms with Gasteiger partial charge in [-0.3, -0.25) is 4.99 Å². The van der Waals surface area contributed by atoms with Gasteiger partial charge in [-0.1, -0.05) is 54.1 Å². The Kier molecular flexibility index (Phi) is 10.1. The number of hydrogen-bond acceptors (Lipinski definition) is 3. The van der Waals surface area contributed by atoms with Crippen molar-refractivity contribution in [2.45, 2.75) is 18.7 Å². The molecule has 8 heteroatoms. The Bertz CT molecular complexity index is 856. The number of sulfone groups is 1. The van der Waals surface area contributed by atoms with Gasteiger partial charge in [0.1, 0.15) is 0 Å². The second-order valence-corrected chi connectivity index (χ2v) is 8.63. The van der Waals surface area contributed by atoms with E-state index in [4.69, 9.17) is 11.6 Å². The van der Waals surface area contributed by atoms with Crippen molar-refractivity contribution >= 4 is 51.4 Å². The molecule has 0 amide bonds. The zero-order valence-corrected chi connectivity index (χ0v) is 19.3. The van der Waals surface area contributed by atoms with E-state index in [9.17, 15) is 8.42 Å². The monoisotopic (exact) mass is 521 g/mol. The van der Waals surface area contributed by atoms with E-state index < -0.39 is 9.84 Å². The third kappa shape index (κ3) is 8.94. The van der Waals surface area contributed by atoms with E-state index in [0.29, 0.717) is 12.5 Å². The Morgan fingerprint density at radius 1 is 1.04 bits per heavy atom. The van der Waals surface area contributed by atoms with Crippen molar-refractivity contribution < 1.29 is 8.42 Å². The highest BCUT2D eigenvalue weighted by Gasteiger charge is 2.05. The lowest BCUT2D eigenvalue weighted by atomic mass is 10.1. The Labute approximate surface area is 183 Å². The van der Waals surface area contributed by atoms with Crippen LogP contribution >= 0.6 is 35.6 Å². The van der Waals surface area contributed by atoms with E-state index >= 15 is 0 Å². The van der Waals surface area contributed by atoms with E-state index in [-0.39, 0.29) is 29.7 Å². The first-order valence-electron chi connectivity index (χ1n) is 8.31. The molecule has 0 aliphatic rings. The number of benzene rings is 2. The molecule has 0 bridgehead atoms. The van der Waals surface area contributed by atoms with Crippen LogP contribution in [0.15, 0.2) is 53.5 Å². The molecule has 0 aromatic heterocycles. The normalized spacial score (nSPS) is 11.6. The first-order valence-corrected chi connectivity index (χ1v) is 10.7. The molecule has 5 nitrogen and oxygen atoms in total. The second-order valence-electron chi connectivity index (χ2n) is 6.08. The van der Waals surface area contributed by atoms with E-state index in [1.165, 1.54) is 6.26 Å². The van der Waals surface area contributed by atoms with Crippen molar-refractivity contribution in [3.63, 3.8) is 0 Å². The Balaban J connectivity index is 0.00000364. The van der Waals surface area contributed by atoms with Gasteiger partial charge in [0.15, 0.2) is 15.8 Å². The minimum absolute atomic E-state index is 0. The number of halogens is 2. The Morgan fingerprint density at radius 2 is 1.67 bits per heavy atom. The highest BCUT2D eigenvalue weighted by atomic mass is 127. The summed E-state index contributed by atoms with van der Waals surface area (Å²) in [5, 5.41) is 7.27. The molecule has 2 rings (SSSR count). The maximum atomic E-state index is 11.3. The fraction of sp³-hybridized carbons (Fsp3) is 0.316. The minimum atomic E-state index is -3.01. The zero-order valence-electron chi connectivity index (χ0n) is 15.4. The highest BCUT2D eigenvalue weighted by molar-refractivity contribution is 14.0. The highest BCUT2D eigenvalue weighted by Crippen LogP contribution is 2.14. The molecule has 0 aliphatic carbocycles. The first kappa shape index (κ1) is 23.7. The van der Waals surface area contributed by atoms with Gasteiger partial charge < -0.3 is 10.6 Å². The quantitative estimate of drug-likeness (QED) is 0.333. The Hall–Kier alpha value is -1.32. The molecule has 0 unspecified atom stereocenters. The minimum Gasteiger partial charge on any atom is -0.356 e. The molecule has 148 valence electrons. The largest absolute Gasteiger partial charge is 0.356 e. The fourth-order valence-electron chi connectivity index (χ4n) is 2.48. The number of aliphatic imine (C=N–C) groups is 1. The van der Waals surface area contributed by atoms with Crippen molar-refractivity contribution in [2.24, 2.45) is 4.99 Å². The summed E-state index contributed by atoms with van der Waals surface area (Å²) in [6.07, 6.45) is 2.04. The second kappa shape index (κ2) is 11.5. The number of guanidine groups is 1. The third-order valence-corrected chi connectivity index (χ3v) is 5.01. The van der Waals surface area contributed by atoms with Gasteiger partial charge in [0.2, 0.25) is 0 Å². The van der Waals surface area contributed by atoms with Gasteiger partial charge in [0.05, 0.1) is 5.75 Å². The summed E-state index contributed by atoms with van der Waals surface area (Å²) < 4.78 is 22.6. The van der Waals surface area contributed by atoms with Crippen LogP contribution in [0.25, 0.3) is 0 Å². The van der Waals surface area contributed by atoms with E-state index in [1.807, 2.05) is 48.5 Å². The maximum absolute atomic E-state index is 11.3. The van der Waals surface area contributed by atoms with Crippen LogP contribution in [-0.2, 0) is 28.6 Å². The van der Waals surface area contributed by atoms with Gasteiger partial charge in [-0.2, -0.15) is 0 Å². The van der Waals surface area contributed by atoms with Crippen molar-refractivity contribution in [1.82, 2.24) is 10.6 Å². The molecule has 0 heterocycles. The van der Waals surface area contributed by atoms with Crippen LogP contribution in [-0.4, -0.2) is 34.2 Å². The van der Waals surface area contributed by atoms with E-state index in [2.05, 4.69) is 15.6 Å². The standard InChI is InChI=1S/C19H24ClN3O2S.HI/c1-21-19(22-12-11-17-5-3-4-6-18(17)20)23-13-15-7-9-16(10-8-15)14-26(2,24)25;/h3-10H,11-14H2,1-2H3,(H2,21,22,23);1H. The Morgan fingerprint density at radius 3 is 2.26 bits per heavy atom. The molecule has 2 N–H and O–H groups in total. The maximum Gasteiger partial charge on any atom is 0.191 e. The zero-order chi connectivity index (χ0) is 19.0. The first-order chi connectivity index (χ1) is 12.4. The average molecular weight is 522 g/mol. The lowest BCUT2D eigenvalue weighted by Gasteiger charge is -2.12. The van der Waals surface area contributed by atoms with Gasteiger partial charge in [-0.15, -0.1) is 24.0 Å². The summed E-state index contributed by atoms with van der Waals surface area (Å²) in [4.78, 5) is 4.20. The van der Waals surface area contributed by atoms with Gasteiger partial charge in [-0.25, -0.2) is 8.42 Å². The lowest BCUT2D eigenvalue weighted by molar-refractivity contribution is 0.601. The van der Waals surface area contributed by atoms with Crippen molar-refractivity contribution in [1.29, 1.82) is 0 Å². The molecule has 0 saturated carbocycles. The molecule has 0 saturated heterocycles. The summed E-state index contributed by atoms with van der Waals surface area (Å²) in [6, 6.07) is 15.3. The molecule has 2 aromatic rings. The molecular weight excluding hydrogens is 497 g/mol. The number of nitrogens with one attached hydrogen (secondary N) is 2. The summed E-state index contributed by atoms with van der Waals surface area (Å²) in [5.41, 5.74) is 2.94. The molecule has 27 heavy (non-hydrogen) atoms. The third-order valence-electron chi connectivity index (χ3n) is 3.78. The summed E-state index contributed by atoms with van der Waals surface area (Å²) >= 11 is 6.16. The van der Waals surface area contributed by atoms with E-state index in [0.717, 1.165) is 34.7 Å². The number of rotatable bonds is 7. The number of hydrogen-bond donors (Lipinski definition) is 2. The molecule has 0 radical (unpaired) electrons. The van der Waals surface area contributed by atoms with E-state index in [1.54, 1.807) is 7.05 Å². The van der Waals surface area contributed by atoms with Crippen molar-refractivity contribution in [3.05, 3.63) is 70.2 Å². The topological polar surface area (TPSA) is 70.6 Å². The molecule has 0 aliphatic heterocycles. The summed E-state index contributed by atoms with van der Waals surface area (Å²) in [7, 11) is -1.29. The van der Waals surface area contributed by atoms with Gasteiger partial charge in [-0.05, 0) is 29.2 Å². The van der Waals surface area contributed by atoms with Crippen LogP contribution in [0.2, 0.25) is 5.02 Å². The fourth-order valence-corrected chi connectivity index (χ4v) is 3.51. The number of nitrogens with zero attached hydrogens (tertiary/aromatic N) is 1. The molecule has 0 spiro atoms. The summed E-state index contributed by atoms with van der Waals surface area (Å²) in [5.74, 6) is 0.767. The average Bonchev–Trinajstić information content (AvgIpc) is 2.59. The van der Waals surface area contributed by atoms with Crippen molar-refractivity contribution in [2.75, 3.05) is 19.8 Å². The van der Waals surface area contributed by atoms with Crippen LogP contribution in [0.5, 0.6) is 0 Å². The van der Waals surface area contributed by atoms with Gasteiger partial charge >= 0.3 is 0 Å². The predicted octanol–water partition coefficient (Wildman–Crippen LogP) is 3.41. The van der Waals surface area contributed by atoms with Crippen LogP contribution < -0.4 is 10.6 Å². The van der Waals surface area contributed by atoms with Crippen LogP contribution in [0.1, 0.15) is 16.7 Å². The van der Waals surface area contributed by atoms with Gasteiger partial charge in [0.25, 0.3) is 0 Å². The van der Waals surface area contributed by atoms with Crippen LogP contribution in [0, 0.1) is 0 Å². The smallest absolute Gasteiger partial charge is 0.191 e. The molecular formula is C19H25ClIN3O2S. The van der Waals surface area contributed by atoms with Crippen LogP contribution in [0.4, 0.5) is 0 Å². The summed E-state index contributed by atoms with van der Waals surface area (Å²) in [6.45, 7) is 1.32. The van der Waals surface area contributed by atoms with Crippen LogP contribution in [0.3, 0.4) is 0 Å². The molecule has 0 fully saturated rings. The molecule has 0 atom stereocenters. The van der Waals surface area contributed by atoms with Gasteiger partial charge in [0, 0.05) is 31.4 Å². The lowest BCUT2D eigenvalue weighted by Crippen LogP contribution is -2.37.